The van der Waals surface area contributed by atoms with E-state index in [1.165, 1.54) is 12.2 Å². The molecule has 82 valence electrons. The monoisotopic (exact) mass is 216 g/mol. The maximum Gasteiger partial charge on any atom is 0.0703 e. The Morgan fingerprint density at radius 1 is 1.43 bits per heavy atom. The van der Waals surface area contributed by atoms with Crippen LogP contribution in [0.2, 0.25) is 0 Å². The fourth-order valence-corrected chi connectivity index (χ4v) is 3.49. The largest absolute Gasteiger partial charge is 0.391 e. The third-order valence-electron chi connectivity index (χ3n) is 3.16. The van der Waals surface area contributed by atoms with Crippen molar-refractivity contribution in [2.75, 3.05) is 44.2 Å². The van der Waals surface area contributed by atoms with Crippen LogP contribution in [-0.2, 0) is 0 Å². The summed E-state index contributed by atoms with van der Waals surface area (Å²) in [5.74, 6) is 2.95. The first-order chi connectivity index (χ1) is 6.86. The molecule has 2 saturated heterocycles. The zero-order valence-electron chi connectivity index (χ0n) is 8.61. The van der Waals surface area contributed by atoms with Crippen molar-refractivity contribution in [1.29, 1.82) is 0 Å². The number of β-amino-alcohol motifs (C(OH)–C–C–N with tert-alkyl or cyclic N) is 1. The van der Waals surface area contributed by atoms with Crippen LogP contribution in [-0.4, -0.2) is 60.3 Å². The molecule has 0 aromatic heterocycles. The normalized spacial score (nSPS) is 31.9. The van der Waals surface area contributed by atoms with E-state index >= 15 is 0 Å². The van der Waals surface area contributed by atoms with E-state index in [-0.39, 0.29) is 6.10 Å². The van der Waals surface area contributed by atoms with Crippen molar-refractivity contribution in [3.63, 3.8) is 0 Å². The predicted molar refractivity (Wildman–Crippen MR) is 60.7 cm³/mol. The van der Waals surface area contributed by atoms with E-state index in [0.29, 0.717) is 5.92 Å². The molecule has 2 aliphatic rings. The summed E-state index contributed by atoms with van der Waals surface area (Å²) in [7, 11) is 0. The number of aliphatic hydroxyl groups excluding tert-OH is 1. The van der Waals surface area contributed by atoms with Crippen molar-refractivity contribution >= 4 is 11.8 Å². The van der Waals surface area contributed by atoms with Crippen LogP contribution < -0.4 is 5.32 Å². The Hall–Kier alpha value is 0.230. The summed E-state index contributed by atoms with van der Waals surface area (Å²) in [4.78, 5) is 2.38. The molecular weight excluding hydrogens is 196 g/mol. The van der Waals surface area contributed by atoms with Crippen LogP contribution in [0.15, 0.2) is 0 Å². The second-order valence-electron chi connectivity index (χ2n) is 4.24. The summed E-state index contributed by atoms with van der Waals surface area (Å²) >= 11 is 1.98. The van der Waals surface area contributed by atoms with Gasteiger partial charge in [0.15, 0.2) is 0 Å². The molecule has 2 atom stereocenters. The molecule has 0 radical (unpaired) electrons. The molecule has 14 heavy (non-hydrogen) atoms. The maximum atomic E-state index is 10.0. The Morgan fingerprint density at radius 3 is 2.86 bits per heavy atom. The number of nitrogens with one attached hydrogen (secondary N) is 1. The lowest BCUT2D eigenvalue weighted by Gasteiger charge is -2.30. The van der Waals surface area contributed by atoms with Gasteiger partial charge in [-0.15, -0.1) is 0 Å². The third kappa shape index (κ3) is 2.86. The highest BCUT2D eigenvalue weighted by Gasteiger charge is 2.25. The van der Waals surface area contributed by atoms with E-state index in [1.807, 2.05) is 11.8 Å². The highest BCUT2D eigenvalue weighted by molar-refractivity contribution is 7.99. The van der Waals surface area contributed by atoms with Gasteiger partial charge in [-0.25, -0.2) is 0 Å². The molecule has 0 aliphatic carbocycles. The number of thioether (sulfide) groups is 1. The molecule has 4 heteroatoms. The van der Waals surface area contributed by atoms with Crippen molar-refractivity contribution < 1.29 is 5.11 Å². The maximum absolute atomic E-state index is 10.0. The number of hydrogen-bond acceptors (Lipinski definition) is 4. The summed E-state index contributed by atoms with van der Waals surface area (Å²) < 4.78 is 0. The molecule has 2 fully saturated rings. The highest BCUT2D eigenvalue weighted by atomic mass is 32.2. The topological polar surface area (TPSA) is 35.5 Å². The van der Waals surface area contributed by atoms with Gasteiger partial charge in [-0.2, -0.15) is 11.8 Å². The Labute approximate surface area is 90.2 Å². The minimum absolute atomic E-state index is 0.0944. The van der Waals surface area contributed by atoms with E-state index in [4.69, 9.17) is 0 Å². The van der Waals surface area contributed by atoms with Gasteiger partial charge in [0.25, 0.3) is 0 Å². The van der Waals surface area contributed by atoms with Crippen molar-refractivity contribution in [2.24, 2.45) is 5.92 Å². The summed E-state index contributed by atoms with van der Waals surface area (Å²) in [5, 5.41) is 13.4. The summed E-state index contributed by atoms with van der Waals surface area (Å²) in [6.07, 6.45) is 1.11. The highest BCUT2D eigenvalue weighted by Crippen LogP contribution is 2.26. The van der Waals surface area contributed by atoms with Crippen LogP contribution in [0.3, 0.4) is 0 Å². The minimum Gasteiger partial charge on any atom is -0.391 e. The number of rotatable bonds is 3. The molecule has 2 heterocycles. The van der Waals surface area contributed by atoms with Gasteiger partial charge in [0, 0.05) is 32.7 Å². The van der Waals surface area contributed by atoms with E-state index < -0.39 is 0 Å². The molecule has 0 amide bonds. The Bertz CT molecular complexity index is 168. The van der Waals surface area contributed by atoms with Gasteiger partial charge in [0.2, 0.25) is 0 Å². The fraction of sp³-hybridized carbons (Fsp3) is 1.00. The van der Waals surface area contributed by atoms with E-state index in [2.05, 4.69) is 10.2 Å². The second kappa shape index (κ2) is 5.35. The van der Waals surface area contributed by atoms with Crippen molar-refractivity contribution in [3.8, 4) is 0 Å². The van der Waals surface area contributed by atoms with Crippen LogP contribution in [0, 0.1) is 5.92 Å². The van der Waals surface area contributed by atoms with Crippen molar-refractivity contribution in [1.82, 2.24) is 10.2 Å². The van der Waals surface area contributed by atoms with Crippen LogP contribution >= 0.6 is 11.8 Å². The lowest BCUT2D eigenvalue weighted by Crippen LogP contribution is -2.47. The quantitative estimate of drug-likeness (QED) is 0.696. The number of nitrogens with zero attached hydrogens (tertiary/aromatic N) is 1. The SMILES string of the molecule is OC(CN1CCNCC1)C1CCSC1. The molecule has 0 bridgehead atoms. The summed E-state index contributed by atoms with van der Waals surface area (Å²) in [6, 6.07) is 0. The van der Waals surface area contributed by atoms with Gasteiger partial charge in [0.1, 0.15) is 0 Å². The minimum atomic E-state index is -0.0944. The number of piperazine rings is 1. The second-order valence-corrected chi connectivity index (χ2v) is 5.39. The molecule has 2 aliphatic heterocycles. The molecule has 0 aromatic rings. The van der Waals surface area contributed by atoms with Gasteiger partial charge in [0.05, 0.1) is 6.10 Å². The van der Waals surface area contributed by atoms with Crippen LogP contribution in [0.5, 0.6) is 0 Å². The molecule has 2 unspecified atom stereocenters. The molecule has 2 rings (SSSR count). The van der Waals surface area contributed by atoms with Gasteiger partial charge in [-0.05, 0) is 23.8 Å². The smallest absolute Gasteiger partial charge is 0.0703 e. The molecular formula is C10H20N2OS. The predicted octanol–water partition coefficient (Wildman–Crippen LogP) is 0.00560. The summed E-state index contributed by atoms with van der Waals surface area (Å²) in [6.45, 7) is 5.22. The fourth-order valence-electron chi connectivity index (χ4n) is 2.16. The molecule has 0 spiro atoms. The molecule has 0 saturated carbocycles. The number of hydrogen-bond donors (Lipinski definition) is 2. The average molecular weight is 216 g/mol. The lowest BCUT2D eigenvalue weighted by molar-refractivity contribution is 0.0677. The first-order valence-electron chi connectivity index (χ1n) is 5.55. The van der Waals surface area contributed by atoms with Crippen LogP contribution in [0.4, 0.5) is 0 Å². The van der Waals surface area contributed by atoms with Crippen LogP contribution in [0.25, 0.3) is 0 Å². The van der Waals surface area contributed by atoms with Gasteiger partial charge in [-0.3, -0.25) is 4.90 Å². The molecule has 2 N–H and O–H groups in total. The van der Waals surface area contributed by atoms with Crippen molar-refractivity contribution in [3.05, 3.63) is 0 Å². The Balaban J connectivity index is 1.72. The zero-order chi connectivity index (χ0) is 9.80. The average Bonchev–Trinajstić information content (AvgIpc) is 2.72. The lowest BCUT2D eigenvalue weighted by atomic mass is 10.0. The van der Waals surface area contributed by atoms with E-state index in [9.17, 15) is 5.11 Å². The van der Waals surface area contributed by atoms with E-state index in [0.717, 1.165) is 38.5 Å². The third-order valence-corrected chi connectivity index (χ3v) is 4.35. The van der Waals surface area contributed by atoms with Gasteiger partial charge in [-0.1, -0.05) is 0 Å². The summed E-state index contributed by atoms with van der Waals surface area (Å²) in [5.41, 5.74) is 0. The standard InChI is InChI=1S/C10H20N2OS/c13-10(9-1-6-14-8-9)7-12-4-2-11-3-5-12/h9-11,13H,1-8H2. The zero-order valence-corrected chi connectivity index (χ0v) is 9.43. The first-order valence-corrected chi connectivity index (χ1v) is 6.70. The number of aliphatic hydroxyl groups is 1. The van der Waals surface area contributed by atoms with Crippen LogP contribution in [0.1, 0.15) is 6.42 Å². The van der Waals surface area contributed by atoms with Gasteiger partial charge < -0.3 is 10.4 Å². The van der Waals surface area contributed by atoms with Gasteiger partial charge >= 0.3 is 0 Å². The Kier molecular flexibility index (Phi) is 4.10. The molecule has 0 aromatic carbocycles. The van der Waals surface area contributed by atoms with Crippen molar-refractivity contribution in [2.45, 2.75) is 12.5 Å². The molecule has 3 nitrogen and oxygen atoms in total. The first kappa shape index (κ1) is 10.7. The Morgan fingerprint density at radius 2 is 2.21 bits per heavy atom. The van der Waals surface area contributed by atoms with E-state index in [1.54, 1.807) is 0 Å².